The van der Waals surface area contributed by atoms with Gasteiger partial charge < -0.3 is 10.6 Å². The molecular weight excluding hydrogens is 246 g/mol. The van der Waals surface area contributed by atoms with Crippen molar-refractivity contribution in [2.24, 2.45) is 17.6 Å². The number of piperazine rings is 1. The highest BCUT2D eigenvalue weighted by Crippen LogP contribution is 2.21. The molecule has 0 amide bonds. The molecule has 1 saturated heterocycles. The second-order valence-corrected chi connectivity index (χ2v) is 7.72. The Labute approximate surface area is 126 Å². The highest BCUT2D eigenvalue weighted by molar-refractivity contribution is 4.82. The van der Waals surface area contributed by atoms with E-state index in [0.29, 0.717) is 5.54 Å². The summed E-state index contributed by atoms with van der Waals surface area (Å²) in [6.07, 6.45) is 3.86. The van der Waals surface area contributed by atoms with Crippen LogP contribution in [0.15, 0.2) is 0 Å². The lowest BCUT2D eigenvalue weighted by Gasteiger charge is -2.42. The van der Waals surface area contributed by atoms with Crippen molar-refractivity contribution in [3.05, 3.63) is 0 Å². The van der Waals surface area contributed by atoms with Crippen LogP contribution in [0.25, 0.3) is 0 Å². The van der Waals surface area contributed by atoms with Gasteiger partial charge in [0.25, 0.3) is 0 Å². The minimum atomic E-state index is 0.329. The zero-order chi connectivity index (χ0) is 15.2. The first kappa shape index (κ1) is 17.9. The summed E-state index contributed by atoms with van der Waals surface area (Å²) < 4.78 is 0. The summed E-state index contributed by atoms with van der Waals surface area (Å²) in [7, 11) is 0. The molecule has 1 atom stereocenters. The molecule has 120 valence electrons. The summed E-state index contributed by atoms with van der Waals surface area (Å²) in [4.78, 5) is 5.25. The molecule has 0 aromatic carbocycles. The molecule has 3 nitrogen and oxygen atoms in total. The van der Waals surface area contributed by atoms with Gasteiger partial charge in [0.1, 0.15) is 0 Å². The van der Waals surface area contributed by atoms with Crippen LogP contribution in [-0.2, 0) is 0 Å². The van der Waals surface area contributed by atoms with Crippen molar-refractivity contribution >= 4 is 0 Å². The van der Waals surface area contributed by atoms with Crippen molar-refractivity contribution in [3.63, 3.8) is 0 Å². The highest BCUT2D eigenvalue weighted by Gasteiger charge is 2.25. The molecule has 0 aromatic heterocycles. The molecular formula is C17H37N3. The molecule has 0 spiro atoms. The Hall–Kier alpha value is -0.120. The number of rotatable bonds is 7. The first-order valence-electron chi connectivity index (χ1n) is 8.52. The third-order valence-electron chi connectivity index (χ3n) is 4.85. The molecule has 0 aromatic rings. The van der Waals surface area contributed by atoms with Crippen LogP contribution in [0.2, 0.25) is 0 Å². The van der Waals surface area contributed by atoms with Crippen molar-refractivity contribution in [2.45, 2.75) is 59.4 Å². The maximum absolute atomic E-state index is 5.72. The van der Waals surface area contributed by atoms with Crippen LogP contribution in [0.5, 0.6) is 0 Å². The van der Waals surface area contributed by atoms with Gasteiger partial charge in [-0.15, -0.1) is 0 Å². The molecule has 1 unspecified atom stereocenters. The average molecular weight is 284 g/mol. The Morgan fingerprint density at radius 1 is 1.00 bits per heavy atom. The molecule has 3 heteroatoms. The zero-order valence-corrected chi connectivity index (χ0v) is 14.5. The lowest BCUT2D eigenvalue weighted by molar-refractivity contribution is 0.0607. The van der Waals surface area contributed by atoms with Gasteiger partial charge in [-0.3, -0.25) is 4.90 Å². The summed E-state index contributed by atoms with van der Waals surface area (Å²) in [6.45, 7) is 18.7. The van der Waals surface area contributed by atoms with Crippen LogP contribution in [0.4, 0.5) is 0 Å². The monoisotopic (exact) mass is 283 g/mol. The lowest BCUT2D eigenvalue weighted by Crippen LogP contribution is -2.53. The minimum absolute atomic E-state index is 0.329. The van der Waals surface area contributed by atoms with Crippen LogP contribution >= 0.6 is 0 Å². The van der Waals surface area contributed by atoms with E-state index in [0.717, 1.165) is 18.4 Å². The first-order valence-corrected chi connectivity index (χ1v) is 8.52. The lowest BCUT2D eigenvalue weighted by atomic mass is 9.88. The Balaban J connectivity index is 2.21. The van der Waals surface area contributed by atoms with E-state index in [9.17, 15) is 0 Å². The van der Waals surface area contributed by atoms with E-state index in [4.69, 9.17) is 5.73 Å². The highest BCUT2D eigenvalue weighted by atomic mass is 15.3. The van der Waals surface area contributed by atoms with Crippen molar-refractivity contribution in [3.8, 4) is 0 Å². The molecule has 1 heterocycles. The van der Waals surface area contributed by atoms with Crippen molar-refractivity contribution in [1.82, 2.24) is 9.80 Å². The average Bonchev–Trinajstić information content (AvgIpc) is 2.37. The van der Waals surface area contributed by atoms with Crippen LogP contribution in [-0.4, -0.2) is 54.6 Å². The molecule has 0 radical (unpaired) electrons. The molecule has 0 aliphatic carbocycles. The van der Waals surface area contributed by atoms with Crippen molar-refractivity contribution in [2.75, 3.05) is 39.3 Å². The predicted molar refractivity (Wildman–Crippen MR) is 89.0 cm³/mol. The predicted octanol–water partition coefficient (Wildman–Crippen LogP) is 2.80. The van der Waals surface area contributed by atoms with Gasteiger partial charge in [-0.25, -0.2) is 0 Å². The van der Waals surface area contributed by atoms with Crippen LogP contribution in [0, 0.1) is 11.8 Å². The van der Waals surface area contributed by atoms with Gasteiger partial charge in [-0.1, -0.05) is 13.8 Å². The van der Waals surface area contributed by atoms with Crippen LogP contribution in [0.3, 0.4) is 0 Å². The zero-order valence-electron chi connectivity index (χ0n) is 14.5. The summed E-state index contributed by atoms with van der Waals surface area (Å²) >= 11 is 0. The fraction of sp³-hybridized carbons (Fsp3) is 1.00. The van der Waals surface area contributed by atoms with Gasteiger partial charge in [-0.05, 0) is 65.0 Å². The van der Waals surface area contributed by atoms with E-state index in [1.807, 2.05) is 0 Å². The van der Waals surface area contributed by atoms with Crippen LogP contribution in [0.1, 0.15) is 53.9 Å². The Morgan fingerprint density at radius 3 is 2.05 bits per heavy atom. The Morgan fingerprint density at radius 2 is 1.60 bits per heavy atom. The number of nitrogens with two attached hydrogens (primary N) is 1. The minimum Gasteiger partial charge on any atom is -0.330 e. The van der Waals surface area contributed by atoms with E-state index in [-0.39, 0.29) is 0 Å². The standard InChI is InChI=1S/C17H37N3/c1-15(2)16(8-9-18)7-6-10-19-11-13-20(14-12-19)17(3,4)5/h15-16H,6-14,18H2,1-5H3. The topological polar surface area (TPSA) is 32.5 Å². The van der Waals surface area contributed by atoms with Gasteiger partial charge >= 0.3 is 0 Å². The maximum atomic E-state index is 5.72. The summed E-state index contributed by atoms with van der Waals surface area (Å²) in [5.41, 5.74) is 6.05. The number of hydrogen-bond acceptors (Lipinski definition) is 3. The molecule has 1 aliphatic heterocycles. The summed E-state index contributed by atoms with van der Waals surface area (Å²) in [5.74, 6) is 1.59. The smallest absolute Gasteiger partial charge is 0.0126 e. The van der Waals surface area contributed by atoms with E-state index < -0.39 is 0 Å². The Bertz CT molecular complexity index is 249. The van der Waals surface area contributed by atoms with Gasteiger partial charge in [0.05, 0.1) is 0 Å². The normalized spacial score (nSPS) is 20.6. The summed E-state index contributed by atoms with van der Waals surface area (Å²) in [5, 5.41) is 0. The molecule has 1 rings (SSSR count). The van der Waals surface area contributed by atoms with E-state index in [1.54, 1.807) is 0 Å². The molecule has 20 heavy (non-hydrogen) atoms. The van der Waals surface area contributed by atoms with Crippen molar-refractivity contribution in [1.29, 1.82) is 0 Å². The SMILES string of the molecule is CC(C)C(CCN)CCCN1CCN(C(C)(C)C)CC1. The second kappa shape index (κ2) is 8.35. The second-order valence-electron chi connectivity index (χ2n) is 7.72. The molecule has 1 fully saturated rings. The van der Waals surface area contributed by atoms with Crippen LogP contribution < -0.4 is 5.73 Å². The summed E-state index contributed by atoms with van der Waals surface area (Å²) in [6, 6.07) is 0. The van der Waals surface area contributed by atoms with E-state index in [1.165, 1.54) is 52.0 Å². The van der Waals surface area contributed by atoms with Gasteiger partial charge in [0.2, 0.25) is 0 Å². The van der Waals surface area contributed by atoms with Gasteiger partial charge in [0, 0.05) is 31.7 Å². The quantitative estimate of drug-likeness (QED) is 0.780. The number of nitrogens with zero attached hydrogens (tertiary/aromatic N) is 2. The molecule has 0 saturated carbocycles. The third-order valence-corrected chi connectivity index (χ3v) is 4.85. The number of hydrogen-bond donors (Lipinski definition) is 1. The van der Waals surface area contributed by atoms with E-state index >= 15 is 0 Å². The van der Waals surface area contributed by atoms with Crippen molar-refractivity contribution < 1.29 is 0 Å². The maximum Gasteiger partial charge on any atom is 0.0126 e. The molecule has 2 N–H and O–H groups in total. The molecule has 0 bridgehead atoms. The first-order chi connectivity index (χ1) is 9.34. The fourth-order valence-electron chi connectivity index (χ4n) is 3.24. The molecule has 1 aliphatic rings. The third kappa shape index (κ3) is 6.11. The fourth-order valence-corrected chi connectivity index (χ4v) is 3.24. The Kier molecular flexibility index (Phi) is 7.49. The largest absolute Gasteiger partial charge is 0.330 e. The van der Waals surface area contributed by atoms with Gasteiger partial charge in [-0.2, -0.15) is 0 Å². The van der Waals surface area contributed by atoms with Gasteiger partial charge in [0.15, 0.2) is 0 Å². The van der Waals surface area contributed by atoms with E-state index in [2.05, 4.69) is 44.4 Å².